The number of carbonyl (C=O) groups excluding carboxylic acids is 1. The van der Waals surface area contributed by atoms with E-state index in [1.54, 1.807) is 13.2 Å². The van der Waals surface area contributed by atoms with Crippen LogP contribution in [-0.2, 0) is 4.74 Å². The van der Waals surface area contributed by atoms with E-state index in [1.165, 1.54) is 0 Å². The number of nitrogens with zero attached hydrogens (tertiary/aromatic N) is 1. The zero-order valence-electron chi connectivity index (χ0n) is 11.9. The zero-order chi connectivity index (χ0) is 14.5. The Kier molecular flexibility index (Phi) is 5.43. The van der Waals surface area contributed by atoms with Crippen LogP contribution in [0.1, 0.15) is 23.7 Å². The number of carbonyl (C=O) groups is 1. The first-order valence-corrected chi connectivity index (χ1v) is 7.65. The molecule has 0 N–H and O–H groups in total. The van der Waals surface area contributed by atoms with Gasteiger partial charge in [0.2, 0.25) is 0 Å². The van der Waals surface area contributed by atoms with E-state index in [4.69, 9.17) is 9.47 Å². The Balaban J connectivity index is 2.14. The molecule has 1 fully saturated rings. The van der Waals surface area contributed by atoms with Crippen molar-refractivity contribution in [3.8, 4) is 5.75 Å². The van der Waals surface area contributed by atoms with Gasteiger partial charge in [0.25, 0.3) is 5.91 Å². The number of methoxy groups -OCH3 is 1. The second-order valence-electron chi connectivity index (χ2n) is 4.92. The molecule has 1 aliphatic rings. The maximum absolute atomic E-state index is 12.6. The summed E-state index contributed by atoms with van der Waals surface area (Å²) in [6.45, 7) is 4.99. The van der Waals surface area contributed by atoms with Gasteiger partial charge in [0.1, 0.15) is 5.75 Å². The predicted octanol–water partition coefficient (Wildman–Crippen LogP) is 2.96. The van der Waals surface area contributed by atoms with Crippen LogP contribution in [0.4, 0.5) is 0 Å². The van der Waals surface area contributed by atoms with Gasteiger partial charge in [-0.25, -0.2) is 0 Å². The van der Waals surface area contributed by atoms with Crippen molar-refractivity contribution in [2.75, 3.05) is 33.4 Å². The molecule has 1 unspecified atom stereocenters. The topological polar surface area (TPSA) is 38.8 Å². The van der Waals surface area contributed by atoms with Crippen LogP contribution in [0.3, 0.4) is 0 Å². The van der Waals surface area contributed by atoms with Gasteiger partial charge in [0.15, 0.2) is 0 Å². The summed E-state index contributed by atoms with van der Waals surface area (Å²) >= 11 is 3.39. The first-order chi connectivity index (χ1) is 9.65. The lowest BCUT2D eigenvalue weighted by Crippen LogP contribution is -2.35. The molecule has 1 saturated heterocycles. The Morgan fingerprint density at radius 3 is 2.95 bits per heavy atom. The molecule has 0 radical (unpaired) electrons. The van der Waals surface area contributed by atoms with Crippen LogP contribution in [-0.4, -0.2) is 44.2 Å². The molecule has 1 aliphatic heterocycles. The Hall–Kier alpha value is -1.07. The molecule has 4 nitrogen and oxygen atoms in total. The Labute approximate surface area is 128 Å². The highest BCUT2D eigenvalue weighted by Crippen LogP contribution is 2.25. The predicted molar refractivity (Wildman–Crippen MR) is 81.2 cm³/mol. The highest BCUT2D eigenvalue weighted by Gasteiger charge is 2.24. The largest absolute Gasteiger partial charge is 0.496 e. The van der Waals surface area contributed by atoms with Gasteiger partial charge in [-0.2, -0.15) is 0 Å². The summed E-state index contributed by atoms with van der Waals surface area (Å²) in [7, 11) is 1.58. The highest BCUT2D eigenvalue weighted by atomic mass is 79.9. The average molecular weight is 342 g/mol. The molecule has 1 amide bonds. The third kappa shape index (κ3) is 3.52. The lowest BCUT2D eigenvalue weighted by molar-refractivity contribution is 0.0727. The lowest BCUT2D eigenvalue weighted by Gasteiger charge is -2.24. The third-order valence-electron chi connectivity index (χ3n) is 3.57. The van der Waals surface area contributed by atoms with E-state index in [9.17, 15) is 4.79 Å². The Morgan fingerprint density at radius 2 is 2.35 bits per heavy atom. The molecule has 0 bridgehead atoms. The molecule has 110 valence electrons. The molecule has 0 aromatic heterocycles. The van der Waals surface area contributed by atoms with Crippen LogP contribution in [0.2, 0.25) is 0 Å². The molecular weight excluding hydrogens is 322 g/mol. The fraction of sp³-hybridized carbons (Fsp3) is 0.533. The van der Waals surface area contributed by atoms with Crippen molar-refractivity contribution in [1.29, 1.82) is 0 Å². The van der Waals surface area contributed by atoms with Gasteiger partial charge < -0.3 is 14.4 Å². The summed E-state index contributed by atoms with van der Waals surface area (Å²) in [5, 5.41) is 0. The summed E-state index contributed by atoms with van der Waals surface area (Å²) in [6, 6.07) is 5.49. The molecule has 0 spiro atoms. The van der Waals surface area contributed by atoms with Crippen LogP contribution in [0.15, 0.2) is 22.7 Å². The molecule has 2 rings (SSSR count). The quantitative estimate of drug-likeness (QED) is 0.826. The molecule has 1 aromatic rings. The molecule has 1 heterocycles. The summed E-state index contributed by atoms with van der Waals surface area (Å²) in [5.41, 5.74) is 0.608. The Bertz CT molecular complexity index is 472. The van der Waals surface area contributed by atoms with E-state index >= 15 is 0 Å². The van der Waals surface area contributed by atoms with Crippen LogP contribution in [0, 0.1) is 5.92 Å². The van der Waals surface area contributed by atoms with Crippen molar-refractivity contribution in [2.45, 2.75) is 13.3 Å². The van der Waals surface area contributed by atoms with Crippen molar-refractivity contribution < 1.29 is 14.3 Å². The summed E-state index contributed by atoms with van der Waals surface area (Å²) < 4.78 is 11.6. The molecule has 1 aromatic carbocycles. The van der Waals surface area contributed by atoms with Crippen LogP contribution < -0.4 is 4.74 Å². The Morgan fingerprint density at radius 1 is 1.55 bits per heavy atom. The normalized spacial score (nSPS) is 18.1. The maximum atomic E-state index is 12.6. The molecule has 0 aliphatic carbocycles. The second-order valence-corrected chi connectivity index (χ2v) is 5.83. The van der Waals surface area contributed by atoms with Gasteiger partial charge in [-0.05, 0) is 31.5 Å². The molecule has 0 saturated carbocycles. The van der Waals surface area contributed by atoms with Gasteiger partial charge in [-0.3, -0.25) is 4.79 Å². The SMILES string of the molecule is CCN(CC1CCOC1)C(=O)c1ccc(Br)cc1OC. The fourth-order valence-corrected chi connectivity index (χ4v) is 2.75. The van der Waals surface area contributed by atoms with E-state index in [-0.39, 0.29) is 5.91 Å². The van der Waals surface area contributed by atoms with E-state index in [1.807, 2.05) is 24.0 Å². The second kappa shape index (κ2) is 7.09. The van der Waals surface area contributed by atoms with E-state index in [2.05, 4.69) is 15.9 Å². The average Bonchev–Trinajstić information content (AvgIpc) is 2.96. The number of benzene rings is 1. The van der Waals surface area contributed by atoms with Crippen LogP contribution in [0.5, 0.6) is 5.75 Å². The van der Waals surface area contributed by atoms with E-state index in [0.29, 0.717) is 23.8 Å². The number of hydrogen-bond donors (Lipinski definition) is 0. The minimum absolute atomic E-state index is 0.0174. The van der Waals surface area contributed by atoms with E-state index < -0.39 is 0 Å². The molecular formula is C15H20BrNO3. The number of amides is 1. The first kappa shape index (κ1) is 15.3. The number of hydrogen-bond acceptors (Lipinski definition) is 3. The van der Waals surface area contributed by atoms with Crippen molar-refractivity contribution in [1.82, 2.24) is 4.90 Å². The highest BCUT2D eigenvalue weighted by molar-refractivity contribution is 9.10. The maximum Gasteiger partial charge on any atom is 0.257 e. The molecule has 5 heteroatoms. The minimum atomic E-state index is 0.0174. The van der Waals surface area contributed by atoms with Gasteiger partial charge >= 0.3 is 0 Å². The number of halogens is 1. The van der Waals surface area contributed by atoms with Crippen LogP contribution >= 0.6 is 15.9 Å². The van der Waals surface area contributed by atoms with E-state index in [0.717, 1.165) is 30.7 Å². The van der Waals surface area contributed by atoms with Crippen molar-refractivity contribution in [3.63, 3.8) is 0 Å². The fourth-order valence-electron chi connectivity index (χ4n) is 2.41. The first-order valence-electron chi connectivity index (χ1n) is 6.86. The zero-order valence-corrected chi connectivity index (χ0v) is 13.5. The van der Waals surface area contributed by atoms with Crippen molar-refractivity contribution in [2.24, 2.45) is 5.92 Å². The molecule has 20 heavy (non-hydrogen) atoms. The van der Waals surface area contributed by atoms with Gasteiger partial charge in [-0.15, -0.1) is 0 Å². The number of rotatable bonds is 5. The van der Waals surface area contributed by atoms with Crippen LogP contribution in [0.25, 0.3) is 0 Å². The lowest BCUT2D eigenvalue weighted by atomic mass is 10.1. The third-order valence-corrected chi connectivity index (χ3v) is 4.06. The summed E-state index contributed by atoms with van der Waals surface area (Å²) in [5.74, 6) is 1.06. The summed E-state index contributed by atoms with van der Waals surface area (Å²) in [4.78, 5) is 14.5. The summed E-state index contributed by atoms with van der Waals surface area (Å²) in [6.07, 6.45) is 1.03. The smallest absolute Gasteiger partial charge is 0.257 e. The monoisotopic (exact) mass is 341 g/mol. The standard InChI is InChI=1S/C15H20BrNO3/c1-3-17(9-11-6-7-20-10-11)15(18)13-5-4-12(16)8-14(13)19-2/h4-5,8,11H,3,6-7,9-10H2,1-2H3. The molecule has 1 atom stereocenters. The van der Waals surface area contributed by atoms with Gasteiger partial charge in [-0.1, -0.05) is 15.9 Å². The van der Waals surface area contributed by atoms with Gasteiger partial charge in [0, 0.05) is 30.1 Å². The number of ether oxygens (including phenoxy) is 2. The van der Waals surface area contributed by atoms with Crippen molar-refractivity contribution in [3.05, 3.63) is 28.2 Å². The minimum Gasteiger partial charge on any atom is -0.496 e. The van der Waals surface area contributed by atoms with Gasteiger partial charge in [0.05, 0.1) is 19.3 Å². The van der Waals surface area contributed by atoms with Crippen molar-refractivity contribution >= 4 is 21.8 Å².